The van der Waals surface area contributed by atoms with E-state index in [9.17, 15) is 8.42 Å². The molecule has 114 valence electrons. The highest BCUT2D eigenvalue weighted by atomic mass is 32.2. The van der Waals surface area contributed by atoms with Crippen LogP contribution in [-0.4, -0.2) is 49.2 Å². The molecule has 1 saturated heterocycles. The van der Waals surface area contributed by atoms with Crippen molar-refractivity contribution in [1.29, 1.82) is 0 Å². The predicted molar refractivity (Wildman–Crippen MR) is 76.7 cm³/mol. The van der Waals surface area contributed by atoms with Crippen LogP contribution in [0.5, 0.6) is 0 Å². The molecule has 20 heavy (non-hydrogen) atoms. The Labute approximate surface area is 120 Å². The first-order chi connectivity index (χ1) is 9.44. The lowest BCUT2D eigenvalue weighted by Gasteiger charge is -2.20. The van der Waals surface area contributed by atoms with Gasteiger partial charge in [-0.2, -0.15) is 5.10 Å². The molecule has 0 spiro atoms. The quantitative estimate of drug-likeness (QED) is 0.683. The van der Waals surface area contributed by atoms with E-state index in [-0.39, 0.29) is 17.6 Å². The summed E-state index contributed by atoms with van der Waals surface area (Å²) in [5, 5.41) is 6.57. The fourth-order valence-corrected chi connectivity index (χ4v) is 4.05. The monoisotopic (exact) mass is 301 g/mol. The van der Waals surface area contributed by atoms with Crippen molar-refractivity contribution in [2.75, 3.05) is 19.6 Å². The molecule has 1 aliphatic rings. The van der Waals surface area contributed by atoms with Gasteiger partial charge in [0, 0.05) is 30.4 Å². The van der Waals surface area contributed by atoms with Crippen molar-refractivity contribution in [2.24, 2.45) is 5.73 Å². The summed E-state index contributed by atoms with van der Waals surface area (Å²) in [5.41, 5.74) is 6.84. The number of likely N-dealkylation sites (tertiary alicyclic amines) is 1. The van der Waals surface area contributed by atoms with Gasteiger partial charge in [-0.15, -0.1) is 0 Å². The molecule has 0 saturated carbocycles. The van der Waals surface area contributed by atoms with Crippen molar-refractivity contribution in [3.63, 3.8) is 0 Å². The molecule has 1 aliphatic heterocycles. The van der Waals surface area contributed by atoms with Crippen molar-refractivity contribution in [1.82, 2.24) is 19.8 Å². The lowest BCUT2D eigenvalue weighted by atomic mass is 10.3. The summed E-state index contributed by atoms with van der Waals surface area (Å²) in [6.07, 6.45) is 2.38. The maximum Gasteiger partial charge on any atom is 0.260 e. The summed E-state index contributed by atoms with van der Waals surface area (Å²) < 4.78 is 27.4. The Balaban J connectivity index is 2.06. The molecule has 0 amide bonds. The first kappa shape index (κ1) is 15.4. The first-order valence-corrected chi connectivity index (χ1v) is 8.41. The number of rotatable bonds is 6. The molecule has 1 aromatic heterocycles. The molecule has 0 aromatic carbocycles. The smallest absolute Gasteiger partial charge is 0.260 e. The van der Waals surface area contributed by atoms with E-state index in [0.717, 1.165) is 19.6 Å². The van der Waals surface area contributed by atoms with Crippen LogP contribution in [-0.2, 0) is 16.6 Å². The zero-order valence-electron chi connectivity index (χ0n) is 12.0. The predicted octanol–water partition coefficient (Wildman–Crippen LogP) is -0.0606. The van der Waals surface area contributed by atoms with Gasteiger partial charge >= 0.3 is 0 Å². The highest BCUT2D eigenvalue weighted by Crippen LogP contribution is 2.16. The Kier molecular flexibility index (Phi) is 4.79. The van der Waals surface area contributed by atoms with Gasteiger partial charge < -0.3 is 10.6 Å². The fourth-order valence-electron chi connectivity index (χ4n) is 2.60. The second-order valence-electron chi connectivity index (χ2n) is 5.37. The molecular weight excluding hydrogens is 278 g/mol. The average molecular weight is 301 g/mol. The number of nitrogens with one attached hydrogen (secondary N) is 2. The molecule has 1 aromatic rings. The van der Waals surface area contributed by atoms with E-state index >= 15 is 0 Å². The Bertz CT molecular complexity index is 548. The summed E-state index contributed by atoms with van der Waals surface area (Å²) in [6, 6.07) is -0.152. The van der Waals surface area contributed by atoms with E-state index in [1.807, 2.05) is 6.92 Å². The topological polar surface area (TPSA) is 104 Å². The van der Waals surface area contributed by atoms with Gasteiger partial charge in [0.2, 0.25) is 0 Å². The fraction of sp³-hybridized carbons (Fsp3) is 0.750. The van der Waals surface area contributed by atoms with Crippen LogP contribution >= 0.6 is 0 Å². The van der Waals surface area contributed by atoms with Crippen molar-refractivity contribution in [2.45, 2.75) is 44.3 Å². The Morgan fingerprint density at radius 1 is 1.45 bits per heavy atom. The number of nitrogens with two attached hydrogens (primary N) is 1. The number of H-pyrrole nitrogens is 1. The maximum atomic E-state index is 12.3. The highest BCUT2D eigenvalue weighted by Gasteiger charge is 2.26. The largest absolute Gasteiger partial charge is 0.326 e. The van der Waals surface area contributed by atoms with Crippen molar-refractivity contribution >= 4 is 10.0 Å². The van der Waals surface area contributed by atoms with Gasteiger partial charge in [-0.05, 0) is 39.8 Å². The molecule has 7 nitrogen and oxygen atoms in total. The molecule has 2 rings (SSSR count). The number of sulfonamides is 1. The summed E-state index contributed by atoms with van der Waals surface area (Å²) in [5.74, 6) is 0. The minimum Gasteiger partial charge on any atom is -0.326 e. The number of aromatic nitrogens is 2. The van der Waals surface area contributed by atoms with Crippen molar-refractivity contribution in [3.8, 4) is 0 Å². The number of hydrogen-bond acceptors (Lipinski definition) is 5. The molecule has 1 atom stereocenters. The number of nitrogens with zero attached hydrogens (tertiary/aromatic N) is 2. The van der Waals surface area contributed by atoms with Crippen LogP contribution in [0.4, 0.5) is 0 Å². The van der Waals surface area contributed by atoms with E-state index in [4.69, 9.17) is 5.73 Å². The normalized spacial score (nSPS) is 18.6. The molecule has 0 bridgehead atoms. The zero-order valence-corrected chi connectivity index (χ0v) is 12.8. The maximum absolute atomic E-state index is 12.3. The van der Waals surface area contributed by atoms with E-state index < -0.39 is 10.0 Å². The van der Waals surface area contributed by atoms with E-state index in [2.05, 4.69) is 19.8 Å². The van der Waals surface area contributed by atoms with Crippen molar-refractivity contribution in [3.05, 3.63) is 11.3 Å². The van der Waals surface area contributed by atoms with Gasteiger partial charge in [0.05, 0.1) is 0 Å². The minimum atomic E-state index is -3.62. The number of hydrogen-bond donors (Lipinski definition) is 3. The lowest BCUT2D eigenvalue weighted by Crippen LogP contribution is -2.41. The van der Waals surface area contributed by atoms with Gasteiger partial charge in [0.15, 0.2) is 5.03 Å². The van der Waals surface area contributed by atoms with Crippen LogP contribution in [0.3, 0.4) is 0 Å². The van der Waals surface area contributed by atoms with Crippen molar-refractivity contribution < 1.29 is 8.42 Å². The molecular formula is C12H23N5O2S. The second-order valence-corrected chi connectivity index (χ2v) is 7.00. The molecule has 0 radical (unpaired) electrons. The molecule has 1 fully saturated rings. The third-order valence-corrected chi connectivity index (χ3v) is 5.14. The Morgan fingerprint density at radius 3 is 2.70 bits per heavy atom. The van der Waals surface area contributed by atoms with Gasteiger partial charge in [-0.1, -0.05) is 0 Å². The summed E-state index contributed by atoms with van der Waals surface area (Å²) in [7, 11) is -3.62. The lowest BCUT2D eigenvalue weighted by molar-refractivity contribution is 0.312. The third kappa shape index (κ3) is 3.38. The number of aromatic amines is 1. The van der Waals surface area contributed by atoms with Crippen LogP contribution in [0.1, 0.15) is 31.0 Å². The standard InChI is InChI=1S/C12H23N5O2S/c1-9(8-17-5-3-4-6-17)16-20(18,19)12-11(7-13)10(2)14-15-12/h9,16H,3-8,13H2,1-2H3,(H,14,15). The van der Waals surface area contributed by atoms with E-state index in [0.29, 0.717) is 11.3 Å². The first-order valence-electron chi connectivity index (χ1n) is 6.92. The van der Waals surface area contributed by atoms with E-state index in [1.165, 1.54) is 12.8 Å². The van der Waals surface area contributed by atoms with Gasteiger partial charge in [0.25, 0.3) is 10.0 Å². The Morgan fingerprint density at radius 2 is 2.10 bits per heavy atom. The van der Waals surface area contributed by atoms with Crippen LogP contribution in [0.25, 0.3) is 0 Å². The highest BCUT2D eigenvalue weighted by molar-refractivity contribution is 7.89. The number of aryl methyl sites for hydroxylation is 1. The van der Waals surface area contributed by atoms with Gasteiger partial charge in [0.1, 0.15) is 0 Å². The van der Waals surface area contributed by atoms with Gasteiger partial charge in [-0.25, -0.2) is 13.1 Å². The molecule has 2 heterocycles. The van der Waals surface area contributed by atoms with Crippen LogP contribution in [0.15, 0.2) is 5.03 Å². The van der Waals surface area contributed by atoms with Crippen LogP contribution in [0, 0.1) is 6.92 Å². The molecule has 8 heteroatoms. The minimum absolute atomic E-state index is 0.0192. The summed E-state index contributed by atoms with van der Waals surface area (Å²) in [4.78, 5) is 2.27. The Hall–Kier alpha value is -0.960. The molecule has 0 aliphatic carbocycles. The van der Waals surface area contributed by atoms with Crippen LogP contribution in [0.2, 0.25) is 0 Å². The average Bonchev–Trinajstić information content (AvgIpc) is 2.97. The summed E-state index contributed by atoms with van der Waals surface area (Å²) >= 11 is 0. The molecule has 4 N–H and O–H groups in total. The SMILES string of the molecule is Cc1[nH]nc(S(=O)(=O)NC(C)CN2CCCC2)c1CN. The third-order valence-electron chi connectivity index (χ3n) is 3.58. The van der Waals surface area contributed by atoms with E-state index in [1.54, 1.807) is 6.92 Å². The molecule has 1 unspecified atom stereocenters. The van der Waals surface area contributed by atoms with Gasteiger partial charge in [-0.3, -0.25) is 5.10 Å². The zero-order chi connectivity index (χ0) is 14.8. The van der Waals surface area contributed by atoms with Crippen LogP contribution < -0.4 is 10.5 Å². The second kappa shape index (κ2) is 6.21. The summed E-state index contributed by atoms with van der Waals surface area (Å²) in [6.45, 7) is 6.60.